The van der Waals surface area contributed by atoms with Crippen LogP contribution in [-0.2, 0) is 13.2 Å². The Balaban J connectivity index is 2.09. The average molecular weight is 340 g/mol. The maximum absolute atomic E-state index is 6.37. The second-order valence-corrected chi connectivity index (χ2v) is 6.61. The van der Waals surface area contributed by atoms with Gasteiger partial charge < -0.3 is 14.8 Å². The quantitative estimate of drug-likeness (QED) is 0.743. The molecule has 0 saturated heterocycles. The maximum atomic E-state index is 6.37. The van der Waals surface area contributed by atoms with E-state index in [1.807, 2.05) is 29.6 Å². The summed E-state index contributed by atoms with van der Waals surface area (Å²) in [5.41, 5.74) is 1.09. The Labute approximate surface area is 141 Å². The lowest BCUT2D eigenvalue weighted by molar-refractivity contribution is 0.287. The van der Waals surface area contributed by atoms with Crippen LogP contribution in [0, 0.1) is 0 Å². The summed E-state index contributed by atoms with van der Waals surface area (Å²) in [4.78, 5) is 1.15. The third-order valence-electron chi connectivity index (χ3n) is 3.50. The summed E-state index contributed by atoms with van der Waals surface area (Å²) in [6, 6.07) is 8.43. The molecule has 1 N–H and O–H groups in total. The van der Waals surface area contributed by atoms with Gasteiger partial charge in [-0.3, -0.25) is 0 Å². The fourth-order valence-corrected chi connectivity index (χ4v) is 2.89. The van der Waals surface area contributed by atoms with E-state index in [1.54, 1.807) is 18.4 Å². The van der Waals surface area contributed by atoms with Gasteiger partial charge in [-0.15, -0.1) is 11.3 Å². The molecule has 120 valence electrons. The number of halogens is 1. The molecule has 2 rings (SSSR count). The van der Waals surface area contributed by atoms with E-state index >= 15 is 0 Å². The van der Waals surface area contributed by atoms with E-state index < -0.39 is 0 Å². The van der Waals surface area contributed by atoms with Gasteiger partial charge in [-0.1, -0.05) is 24.6 Å². The maximum Gasteiger partial charge on any atom is 0.180 e. The highest BCUT2D eigenvalue weighted by atomic mass is 35.5. The van der Waals surface area contributed by atoms with Crippen LogP contribution in [0.2, 0.25) is 5.02 Å². The smallest absolute Gasteiger partial charge is 0.180 e. The predicted octanol–water partition coefficient (Wildman–Crippen LogP) is 4.88. The summed E-state index contributed by atoms with van der Waals surface area (Å²) in [5.74, 6) is 1.27. The first-order valence-electron chi connectivity index (χ1n) is 7.39. The lowest BCUT2D eigenvalue weighted by Crippen LogP contribution is -2.24. The first kappa shape index (κ1) is 17.1. The van der Waals surface area contributed by atoms with Crippen molar-refractivity contribution in [2.75, 3.05) is 7.11 Å². The number of hydrogen-bond donors (Lipinski definition) is 1. The van der Waals surface area contributed by atoms with Crippen LogP contribution in [0.1, 0.15) is 30.7 Å². The van der Waals surface area contributed by atoms with Gasteiger partial charge in [0, 0.05) is 17.5 Å². The van der Waals surface area contributed by atoms with Crippen LogP contribution < -0.4 is 14.8 Å². The van der Waals surface area contributed by atoms with Gasteiger partial charge in [0.1, 0.15) is 6.61 Å². The van der Waals surface area contributed by atoms with Gasteiger partial charge in [-0.2, -0.15) is 0 Å². The van der Waals surface area contributed by atoms with Gasteiger partial charge in [0.2, 0.25) is 0 Å². The number of benzene rings is 1. The molecule has 0 fully saturated rings. The second-order valence-electron chi connectivity index (χ2n) is 5.17. The Morgan fingerprint density at radius 3 is 2.82 bits per heavy atom. The van der Waals surface area contributed by atoms with Crippen LogP contribution in [0.3, 0.4) is 0 Å². The van der Waals surface area contributed by atoms with Crippen molar-refractivity contribution >= 4 is 22.9 Å². The standard InChI is InChI=1S/C17H22ClNO2S/c1-4-12(2)19-10-13-8-15(18)17(16(9-13)20-3)21-11-14-6-5-7-22-14/h5-9,12,19H,4,10-11H2,1-3H3/t12-/m0/s1. The van der Waals surface area contributed by atoms with Crippen LogP contribution in [0.4, 0.5) is 0 Å². The van der Waals surface area contributed by atoms with E-state index in [9.17, 15) is 0 Å². The summed E-state index contributed by atoms with van der Waals surface area (Å²) in [5, 5.41) is 6.06. The molecular weight excluding hydrogens is 318 g/mol. The zero-order chi connectivity index (χ0) is 15.9. The molecule has 0 saturated carbocycles. The van der Waals surface area contributed by atoms with Gasteiger partial charge in [0.05, 0.1) is 12.1 Å². The van der Waals surface area contributed by atoms with Crippen molar-refractivity contribution in [3.8, 4) is 11.5 Å². The normalized spacial score (nSPS) is 12.2. The minimum atomic E-state index is 0.472. The van der Waals surface area contributed by atoms with E-state index in [2.05, 4.69) is 19.2 Å². The zero-order valence-corrected chi connectivity index (χ0v) is 14.8. The molecule has 0 bridgehead atoms. The Hall–Kier alpha value is -1.23. The van der Waals surface area contributed by atoms with Crippen molar-refractivity contribution in [2.45, 2.75) is 39.5 Å². The number of rotatable bonds is 8. The third kappa shape index (κ3) is 4.63. The molecule has 1 heterocycles. The van der Waals surface area contributed by atoms with Crippen LogP contribution >= 0.6 is 22.9 Å². The van der Waals surface area contributed by atoms with Gasteiger partial charge in [-0.25, -0.2) is 0 Å². The van der Waals surface area contributed by atoms with Crippen molar-refractivity contribution in [3.05, 3.63) is 45.1 Å². The van der Waals surface area contributed by atoms with Crippen molar-refractivity contribution in [1.29, 1.82) is 0 Å². The number of ether oxygens (including phenoxy) is 2. The molecular formula is C17H22ClNO2S. The van der Waals surface area contributed by atoms with E-state index in [4.69, 9.17) is 21.1 Å². The molecule has 1 aromatic heterocycles. The van der Waals surface area contributed by atoms with Crippen LogP contribution in [-0.4, -0.2) is 13.2 Å². The Kier molecular flexibility index (Phi) is 6.55. The summed E-state index contributed by atoms with van der Waals surface area (Å²) < 4.78 is 11.3. The minimum absolute atomic E-state index is 0.472. The van der Waals surface area contributed by atoms with Gasteiger partial charge in [0.25, 0.3) is 0 Å². The molecule has 2 aromatic rings. The molecule has 3 nitrogen and oxygen atoms in total. The molecule has 0 spiro atoms. The van der Waals surface area contributed by atoms with Gasteiger partial charge in [0.15, 0.2) is 11.5 Å². The monoisotopic (exact) mass is 339 g/mol. The highest BCUT2D eigenvalue weighted by Crippen LogP contribution is 2.37. The average Bonchev–Trinajstić information content (AvgIpc) is 3.04. The van der Waals surface area contributed by atoms with Crippen molar-refractivity contribution in [3.63, 3.8) is 0 Å². The van der Waals surface area contributed by atoms with Crippen LogP contribution in [0.5, 0.6) is 11.5 Å². The van der Waals surface area contributed by atoms with E-state index in [0.29, 0.717) is 29.2 Å². The minimum Gasteiger partial charge on any atom is -0.493 e. The summed E-state index contributed by atoms with van der Waals surface area (Å²) >= 11 is 8.03. The fourth-order valence-electron chi connectivity index (χ4n) is 1.99. The largest absolute Gasteiger partial charge is 0.493 e. The molecule has 0 aliphatic heterocycles. The molecule has 1 atom stereocenters. The Morgan fingerprint density at radius 2 is 2.18 bits per heavy atom. The molecule has 0 amide bonds. The molecule has 0 radical (unpaired) electrons. The number of thiophene rings is 1. The number of methoxy groups -OCH3 is 1. The van der Waals surface area contributed by atoms with Gasteiger partial charge >= 0.3 is 0 Å². The zero-order valence-electron chi connectivity index (χ0n) is 13.2. The lowest BCUT2D eigenvalue weighted by Gasteiger charge is -2.15. The topological polar surface area (TPSA) is 30.5 Å². The van der Waals surface area contributed by atoms with Gasteiger partial charge in [-0.05, 0) is 42.5 Å². The second kappa shape index (κ2) is 8.42. The van der Waals surface area contributed by atoms with E-state index in [-0.39, 0.29) is 0 Å². The SMILES string of the molecule is CC[C@H](C)NCc1cc(Cl)c(OCc2cccs2)c(OC)c1. The van der Waals surface area contributed by atoms with Crippen molar-refractivity contribution in [2.24, 2.45) is 0 Å². The van der Waals surface area contributed by atoms with Crippen LogP contribution in [0.15, 0.2) is 29.6 Å². The first-order chi connectivity index (χ1) is 10.6. The molecule has 22 heavy (non-hydrogen) atoms. The molecule has 0 unspecified atom stereocenters. The highest BCUT2D eigenvalue weighted by molar-refractivity contribution is 7.09. The fraction of sp³-hybridized carbons (Fsp3) is 0.412. The summed E-state index contributed by atoms with van der Waals surface area (Å²) in [6.07, 6.45) is 1.09. The molecule has 0 aliphatic carbocycles. The van der Waals surface area contributed by atoms with E-state index in [1.165, 1.54) is 0 Å². The summed E-state index contributed by atoms with van der Waals surface area (Å²) in [6.45, 7) is 5.58. The number of nitrogens with one attached hydrogen (secondary N) is 1. The van der Waals surface area contributed by atoms with Crippen molar-refractivity contribution < 1.29 is 9.47 Å². The number of hydrogen-bond acceptors (Lipinski definition) is 4. The van der Waals surface area contributed by atoms with Crippen LogP contribution in [0.25, 0.3) is 0 Å². The third-order valence-corrected chi connectivity index (χ3v) is 4.63. The van der Waals surface area contributed by atoms with E-state index in [0.717, 1.165) is 23.4 Å². The molecule has 1 aromatic carbocycles. The Bertz CT molecular complexity index is 587. The molecule has 5 heteroatoms. The summed E-state index contributed by atoms with van der Waals surface area (Å²) in [7, 11) is 1.63. The highest BCUT2D eigenvalue weighted by Gasteiger charge is 2.13. The lowest BCUT2D eigenvalue weighted by atomic mass is 10.1. The van der Waals surface area contributed by atoms with Crippen molar-refractivity contribution in [1.82, 2.24) is 5.32 Å². The predicted molar refractivity (Wildman–Crippen MR) is 93.2 cm³/mol. The Morgan fingerprint density at radius 1 is 1.36 bits per heavy atom. The first-order valence-corrected chi connectivity index (χ1v) is 8.64. The molecule has 0 aliphatic rings.